The molecule has 0 bridgehead atoms. The molecular weight excluding hydrogens is 380 g/mol. The van der Waals surface area contributed by atoms with Gasteiger partial charge < -0.3 is 10.1 Å². The maximum absolute atomic E-state index is 12.3. The van der Waals surface area contributed by atoms with Crippen LogP contribution in [0.4, 0.5) is 11.4 Å². The summed E-state index contributed by atoms with van der Waals surface area (Å²) in [6.07, 6.45) is 2.21. The number of thioether (sulfide) groups is 1. The number of imide groups is 1. The smallest absolute Gasteiger partial charge is 0.338 e. The van der Waals surface area contributed by atoms with E-state index in [0.717, 1.165) is 9.80 Å². The lowest BCUT2D eigenvalue weighted by Gasteiger charge is -2.14. The maximum atomic E-state index is 12.3. The van der Waals surface area contributed by atoms with Gasteiger partial charge in [0, 0.05) is 17.7 Å². The number of carbonyl (C=O) groups excluding carboxylic acids is 4. The van der Waals surface area contributed by atoms with Crippen LogP contribution in [-0.2, 0) is 19.1 Å². The topological polar surface area (TPSA) is 92.8 Å². The lowest BCUT2D eigenvalue weighted by Crippen LogP contribution is -2.28. The normalized spacial score (nSPS) is 13.5. The van der Waals surface area contributed by atoms with E-state index in [2.05, 4.69) is 5.32 Å². The monoisotopic (exact) mass is 398 g/mol. The van der Waals surface area contributed by atoms with Crippen LogP contribution in [0.25, 0.3) is 0 Å². The number of ether oxygens (including phenoxy) is 1. The fraction of sp³-hybridized carbons (Fsp3) is 0.200. The molecule has 0 saturated carbocycles. The highest BCUT2D eigenvalue weighted by Crippen LogP contribution is 2.25. The summed E-state index contributed by atoms with van der Waals surface area (Å²) < 4.78 is 5.06. The van der Waals surface area contributed by atoms with E-state index in [4.69, 9.17) is 4.74 Å². The second kappa shape index (κ2) is 8.71. The zero-order valence-electron chi connectivity index (χ0n) is 15.1. The molecule has 1 aliphatic rings. The molecule has 2 aromatic carbocycles. The van der Waals surface area contributed by atoms with Crippen molar-refractivity contribution in [3.8, 4) is 0 Å². The van der Waals surface area contributed by atoms with Crippen LogP contribution in [0.5, 0.6) is 0 Å². The van der Waals surface area contributed by atoms with Crippen LogP contribution < -0.4 is 10.2 Å². The van der Waals surface area contributed by atoms with Gasteiger partial charge in [-0.15, -0.1) is 11.8 Å². The molecule has 144 valence electrons. The minimum absolute atomic E-state index is 0.155. The Labute approximate surface area is 166 Å². The van der Waals surface area contributed by atoms with Crippen LogP contribution >= 0.6 is 11.8 Å². The molecule has 1 fully saturated rings. The summed E-state index contributed by atoms with van der Waals surface area (Å²) >= 11 is 1.49. The summed E-state index contributed by atoms with van der Waals surface area (Å²) in [5.41, 5.74) is 1.12. The summed E-state index contributed by atoms with van der Waals surface area (Å²) in [5, 5.41) is 2.70. The van der Waals surface area contributed by atoms with Gasteiger partial charge in [0.25, 0.3) is 5.91 Å². The minimum Gasteiger partial charge on any atom is -0.452 e. The predicted octanol–water partition coefficient (Wildman–Crippen LogP) is 2.86. The number of nitrogens with one attached hydrogen (secondary N) is 1. The largest absolute Gasteiger partial charge is 0.452 e. The van der Waals surface area contributed by atoms with Crippen molar-refractivity contribution in [1.82, 2.24) is 0 Å². The SMILES string of the molecule is CSc1ccccc1NC(=O)COC(=O)c1cccc(N2C(=O)CCC2=O)c1. The number of nitrogens with zero attached hydrogens (tertiary/aromatic N) is 1. The predicted molar refractivity (Wildman–Crippen MR) is 105 cm³/mol. The average Bonchev–Trinajstić information content (AvgIpc) is 3.04. The van der Waals surface area contributed by atoms with Crippen molar-refractivity contribution < 1.29 is 23.9 Å². The second-order valence-corrected chi connectivity index (χ2v) is 6.85. The van der Waals surface area contributed by atoms with Crippen molar-refractivity contribution in [2.24, 2.45) is 0 Å². The number of hydrogen-bond acceptors (Lipinski definition) is 6. The third-order valence-electron chi connectivity index (χ3n) is 4.11. The van der Waals surface area contributed by atoms with E-state index in [1.54, 1.807) is 24.3 Å². The highest BCUT2D eigenvalue weighted by Gasteiger charge is 2.30. The van der Waals surface area contributed by atoms with Gasteiger partial charge in [-0.05, 0) is 36.6 Å². The van der Waals surface area contributed by atoms with E-state index >= 15 is 0 Å². The van der Waals surface area contributed by atoms with Gasteiger partial charge in [-0.25, -0.2) is 4.79 Å². The Morgan fingerprint density at radius 2 is 1.79 bits per heavy atom. The Kier molecular flexibility index (Phi) is 6.10. The molecule has 0 atom stereocenters. The van der Waals surface area contributed by atoms with Gasteiger partial charge in [-0.3, -0.25) is 19.3 Å². The average molecular weight is 398 g/mol. The molecule has 8 heteroatoms. The molecule has 0 spiro atoms. The van der Waals surface area contributed by atoms with Gasteiger partial charge in [0.05, 0.1) is 16.9 Å². The number of esters is 1. The van der Waals surface area contributed by atoms with Crippen molar-refractivity contribution in [2.75, 3.05) is 23.1 Å². The number of hydrogen-bond donors (Lipinski definition) is 1. The van der Waals surface area contributed by atoms with Crippen LogP contribution in [-0.4, -0.2) is 36.6 Å². The summed E-state index contributed by atoms with van der Waals surface area (Å²) in [6, 6.07) is 13.3. The number of carbonyl (C=O) groups is 4. The highest BCUT2D eigenvalue weighted by molar-refractivity contribution is 7.98. The van der Waals surface area contributed by atoms with Crippen LogP contribution in [0.1, 0.15) is 23.2 Å². The fourth-order valence-corrected chi connectivity index (χ4v) is 3.34. The Hall–Kier alpha value is -3.13. The van der Waals surface area contributed by atoms with Crippen LogP contribution in [0.2, 0.25) is 0 Å². The second-order valence-electron chi connectivity index (χ2n) is 6.00. The number of benzene rings is 2. The number of para-hydroxylation sites is 1. The Balaban J connectivity index is 1.62. The van der Waals surface area contributed by atoms with Crippen molar-refractivity contribution in [2.45, 2.75) is 17.7 Å². The first-order chi connectivity index (χ1) is 13.5. The molecule has 1 saturated heterocycles. The third-order valence-corrected chi connectivity index (χ3v) is 4.90. The molecule has 1 N–H and O–H groups in total. The zero-order chi connectivity index (χ0) is 20.1. The van der Waals surface area contributed by atoms with Gasteiger partial charge in [-0.2, -0.15) is 0 Å². The maximum Gasteiger partial charge on any atom is 0.338 e. The lowest BCUT2D eigenvalue weighted by atomic mass is 10.2. The molecule has 0 radical (unpaired) electrons. The summed E-state index contributed by atoms with van der Waals surface area (Å²) in [4.78, 5) is 50.0. The highest BCUT2D eigenvalue weighted by atomic mass is 32.2. The van der Waals surface area contributed by atoms with E-state index in [9.17, 15) is 19.2 Å². The van der Waals surface area contributed by atoms with Crippen LogP contribution in [0, 0.1) is 0 Å². The first-order valence-corrected chi connectivity index (χ1v) is 9.78. The van der Waals surface area contributed by atoms with E-state index in [1.807, 2.05) is 18.4 Å². The van der Waals surface area contributed by atoms with E-state index in [-0.39, 0.29) is 30.2 Å². The van der Waals surface area contributed by atoms with Crippen molar-refractivity contribution in [1.29, 1.82) is 0 Å². The number of anilines is 2. The zero-order valence-corrected chi connectivity index (χ0v) is 16.0. The molecule has 3 rings (SSSR count). The van der Waals surface area contributed by atoms with E-state index < -0.39 is 18.5 Å². The van der Waals surface area contributed by atoms with Gasteiger partial charge in [0.1, 0.15) is 0 Å². The molecule has 0 aliphatic carbocycles. The van der Waals surface area contributed by atoms with E-state index in [0.29, 0.717) is 11.4 Å². The van der Waals surface area contributed by atoms with Crippen molar-refractivity contribution in [3.05, 3.63) is 54.1 Å². The first-order valence-electron chi connectivity index (χ1n) is 8.55. The van der Waals surface area contributed by atoms with E-state index in [1.165, 1.54) is 23.9 Å². The van der Waals surface area contributed by atoms with Gasteiger partial charge in [0.2, 0.25) is 11.8 Å². The first kappa shape index (κ1) is 19.6. The minimum atomic E-state index is -0.714. The number of rotatable bonds is 6. The Morgan fingerprint density at radius 3 is 2.50 bits per heavy atom. The van der Waals surface area contributed by atoms with Crippen molar-refractivity contribution >= 4 is 46.8 Å². The molecule has 1 heterocycles. The standard InChI is InChI=1S/C20H18N2O5S/c1-28-16-8-3-2-7-15(16)21-17(23)12-27-20(26)13-5-4-6-14(11-13)22-18(24)9-10-19(22)25/h2-8,11H,9-10,12H2,1H3,(H,21,23). The van der Waals surface area contributed by atoms with Gasteiger partial charge in [-0.1, -0.05) is 18.2 Å². The summed E-state index contributed by atoms with van der Waals surface area (Å²) in [7, 11) is 0. The van der Waals surface area contributed by atoms with Gasteiger partial charge in [0.15, 0.2) is 6.61 Å². The molecule has 0 unspecified atom stereocenters. The summed E-state index contributed by atoms with van der Waals surface area (Å²) in [5.74, 6) is -1.78. The molecule has 3 amide bonds. The molecule has 0 aromatic heterocycles. The molecule has 2 aromatic rings. The fourth-order valence-electron chi connectivity index (χ4n) is 2.79. The Bertz CT molecular complexity index is 928. The lowest BCUT2D eigenvalue weighted by molar-refractivity contribution is -0.121. The molecule has 1 aliphatic heterocycles. The number of amides is 3. The molecule has 28 heavy (non-hydrogen) atoms. The van der Waals surface area contributed by atoms with Crippen molar-refractivity contribution in [3.63, 3.8) is 0 Å². The molecular formula is C20H18N2O5S. The molecule has 7 nitrogen and oxygen atoms in total. The quantitative estimate of drug-likeness (QED) is 0.457. The summed E-state index contributed by atoms with van der Waals surface area (Å²) in [6.45, 7) is -0.451. The van der Waals surface area contributed by atoms with Crippen LogP contribution in [0.3, 0.4) is 0 Å². The van der Waals surface area contributed by atoms with Crippen LogP contribution in [0.15, 0.2) is 53.4 Å². The van der Waals surface area contributed by atoms with Gasteiger partial charge >= 0.3 is 5.97 Å². The Morgan fingerprint density at radius 1 is 1.07 bits per heavy atom. The third kappa shape index (κ3) is 4.40.